The average Bonchev–Trinajstić information content (AvgIpc) is 2.17. The molecule has 1 fully saturated rings. The number of hydrogen-bond donors (Lipinski definition) is 0. The highest BCUT2D eigenvalue weighted by Crippen LogP contribution is 2.17. The largest absolute Gasteiger partial charge is 0.303 e. The lowest BCUT2D eigenvalue weighted by Crippen LogP contribution is -2.39. The molecule has 1 aliphatic rings. The van der Waals surface area contributed by atoms with E-state index in [1.807, 2.05) is 0 Å². The molecule has 0 radical (unpaired) electrons. The smallest absolute Gasteiger partial charge is 0.123 e. The number of aldehydes is 1. The number of carbonyl (C=O) groups excluding carboxylic acids is 1. The lowest BCUT2D eigenvalue weighted by molar-refractivity contribution is -0.112. The van der Waals surface area contributed by atoms with Crippen molar-refractivity contribution in [1.29, 1.82) is 0 Å². The Bertz CT molecular complexity index is 139. The Balaban J connectivity index is 2.30. The van der Waals surface area contributed by atoms with Gasteiger partial charge in [-0.3, -0.25) is 0 Å². The van der Waals surface area contributed by atoms with Gasteiger partial charge in [0.1, 0.15) is 6.29 Å². The van der Waals surface area contributed by atoms with E-state index in [1.165, 1.54) is 6.42 Å². The van der Waals surface area contributed by atoms with Crippen molar-refractivity contribution < 1.29 is 4.79 Å². The monoisotopic (exact) mass is 169 g/mol. The first-order valence-corrected chi connectivity index (χ1v) is 4.97. The van der Waals surface area contributed by atoms with Crippen LogP contribution in [0.15, 0.2) is 0 Å². The predicted molar refractivity (Wildman–Crippen MR) is 50.1 cm³/mol. The summed E-state index contributed by atoms with van der Waals surface area (Å²) < 4.78 is 0. The van der Waals surface area contributed by atoms with E-state index in [0.29, 0.717) is 12.0 Å². The fourth-order valence-electron chi connectivity index (χ4n) is 1.75. The van der Waals surface area contributed by atoms with Crippen LogP contribution in [0.3, 0.4) is 0 Å². The Hall–Kier alpha value is -0.370. The normalized spacial score (nSPS) is 23.8. The molecule has 0 N–H and O–H groups in total. The van der Waals surface area contributed by atoms with Gasteiger partial charge in [-0.2, -0.15) is 0 Å². The molecule has 0 aromatic carbocycles. The molecule has 1 atom stereocenters. The quantitative estimate of drug-likeness (QED) is 0.599. The van der Waals surface area contributed by atoms with Crippen LogP contribution in [0.4, 0.5) is 0 Å². The molecule has 70 valence electrons. The summed E-state index contributed by atoms with van der Waals surface area (Å²) >= 11 is 0. The van der Waals surface area contributed by atoms with Crippen molar-refractivity contribution in [2.75, 3.05) is 13.1 Å². The minimum absolute atomic E-state index is 0.338. The van der Waals surface area contributed by atoms with Crippen LogP contribution < -0.4 is 0 Å². The maximum atomic E-state index is 10.5. The predicted octanol–water partition coefficient (Wildman–Crippen LogP) is 1.70. The van der Waals surface area contributed by atoms with Crippen LogP contribution in [-0.2, 0) is 4.79 Å². The summed E-state index contributed by atoms with van der Waals surface area (Å²) in [6.07, 6.45) is 4.46. The van der Waals surface area contributed by atoms with Gasteiger partial charge in [0, 0.05) is 12.0 Å². The highest BCUT2D eigenvalue weighted by Gasteiger charge is 2.20. The number of hydrogen-bond acceptors (Lipinski definition) is 2. The molecule has 1 saturated heterocycles. The fourth-order valence-corrected chi connectivity index (χ4v) is 1.75. The van der Waals surface area contributed by atoms with E-state index in [9.17, 15) is 4.79 Å². The number of nitrogens with zero attached hydrogens (tertiary/aromatic N) is 1. The lowest BCUT2D eigenvalue weighted by atomic mass is 9.97. The standard InChI is InChI=1S/C10H19NO/c1-3-9(2)11-6-4-10(8-12)5-7-11/h8-10H,3-7H2,1-2H3. The van der Waals surface area contributed by atoms with Crippen LogP contribution in [-0.4, -0.2) is 30.3 Å². The molecule has 1 rings (SSSR count). The van der Waals surface area contributed by atoms with Crippen molar-refractivity contribution in [3.8, 4) is 0 Å². The highest BCUT2D eigenvalue weighted by atomic mass is 16.1. The summed E-state index contributed by atoms with van der Waals surface area (Å²) in [4.78, 5) is 13.0. The number of likely N-dealkylation sites (tertiary alicyclic amines) is 1. The summed E-state index contributed by atoms with van der Waals surface area (Å²) in [6.45, 7) is 6.70. The highest BCUT2D eigenvalue weighted by molar-refractivity contribution is 5.53. The molecule has 0 aromatic rings. The van der Waals surface area contributed by atoms with E-state index < -0.39 is 0 Å². The first-order valence-electron chi connectivity index (χ1n) is 4.97. The molecule has 1 aliphatic heterocycles. The van der Waals surface area contributed by atoms with Gasteiger partial charge in [0.2, 0.25) is 0 Å². The molecular formula is C10H19NO. The summed E-state index contributed by atoms with van der Waals surface area (Å²) in [5, 5.41) is 0. The van der Waals surface area contributed by atoms with Crippen molar-refractivity contribution in [3.63, 3.8) is 0 Å². The molecule has 0 aliphatic carbocycles. The van der Waals surface area contributed by atoms with Gasteiger partial charge in [-0.05, 0) is 39.3 Å². The fraction of sp³-hybridized carbons (Fsp3) is 0.900. The Morgan fingerprint density at radius 1 is 1.50 bits per heavy atom. The molecule has 12 heavy (non-hydrogen) atoms. The zero-order valence-corrected chi connectivity index (χ0v) is 8.12. The van der Waals surface area contributed by atoms with Gasteiger partial charge in [0.15, 0.2) is 0 Å². The zero-order chi connectivity index (χ0) is 8.97. The second-order valence-corrected chi connectivity index (χ2v) is 3.77. The molecular weight excluding hydrogens is 150 g/mol. The molecule has 0 amide bonds. The van der Waals surface area contributed by atoms with Gasteiger partial charge < -0.3 is 9.69 Å². The Morgan fingerprint density at radius 3 is 2.50 bits per heavy atom. The van der Waals surface area contributed by atoms with E-state index in [0.717, 1.165) is 32.2 Å². The second-order valence-electron chi connectivity index (χ2n) is 3.77. The van der Waals surface area contributed by atoms with Crippen LogP contribution in [0.5, 0.6) is 0 Å². The summed E-state index contributed by atoms with van der Waals surface area (Å²) in [6, 6.07) is 0.692. The minimum atomic E-state index is 0.338. The van der Waals surface area contributed by atoms with Gasteiger partial charge in [0.25, 0.3) is 0 Å². The first-order chi connectivity index (χ1) is 5.77. The maximum absolute atomic E-state index is 10.5. The van der Waals surface area contributed by atoms with Gasteiger partial charge >= 0.3 is 0 Å². The van der Waals surface area contributed by atoms with Crippen LogP contribution in [0, 0.1) is 5.92 Å². The van der Waals surface area contributed by atoms with Crippen molar-refractivity contribution in [2.24, 2.45) is 5.92 Å². The van der Waals surface area contributed by atoms with E-state index in [1.54, 1.807) is 0 Å². The molecule has 2 heteroatoms. The molecule has 0 bridgehead atoms. The van der Waals surface area contributed by atoms with E-state index >= 15 is 0 Å². The Labute approximate surface area is 74.9 Å². The van der Waals surface area contributed by atoms with Gasteiger partial charge in [0.05, 0.1) is 0 Å². The zero-order valence-electron chi connectivity index (χ0n) is 8.12. The van der Waals surface area contributed by atoms with Gasteiger partial charge in [-0.25, -0.2) is 0 Å². The summed E-state index contributed by atoms with van der Waals surface area (Å²) in [5.41, 5.74) is 0. The number of rotatable bonds is 3. The molecule has 2 nitrogen and oxygen atoms in total. The molecule has 1 unspecified atom stereocenters. The van der Waals surface area contributed by atoms with Gasteiger partial charge in [-0.15, -0.1) is 0 Å². The van der Waals surface area contributed by atoms with Crippen LogP contribution in [0.2, 0.25) is 0 Å². The Kier molecular flexibility index (Phi) is 3.73. The second kappa shape index (κ2) is 4.61. The SMILES string of the molecule is CCC(C)N1CCC(C=O)CC1. The van der Waals surface area contributed by atoms with Crippen LogP contribution >= 0.6 is 0 Å². The van der Waals surface area contributed by atoms with Crippen molar-refractivity contribution in [1.82, 2.24) is 4.90 Å². The number of piperidine rings is 1. The third-order valence-electron chi connectivity index (χ3n) is 2.98. The molecule has 0 saturated carbocycles. The third kappa shape index (κ3) is 2.31. The summed E-state index contributed by atoms with van der Waals surface area (Å²) in [7, 11) is 0. The topological polar surface area (TPSA) is 20.3 Å². The minimum Gasteiger partial charge on any atom is -0.303 e. The van der Waals surface area contributed by atoms with Crippen molar-refractivity contribution in [3.05, 3.63) is 0 Å². The van der Waals surface area contributed by atoms with Crippen LogP contribution in [0.25, 0.3) is 0 Å². The lowest BCUT2D eigenvalue weighted by Gasteiger charge is -2.33. The van der Waals surface area contributed by atoms with E-state index in [2.05, 4.69) is 18.7 Å². The average molecular weight is 169 g/mol. The van der Waals surface area contributed by atoms with Crippen molar-refractivity contribution in [2.45, 2.75) is 39.2 Å². The van der Waals surface area contributed by atoms with Gasteiger partial charge in [-0.1, -0.05) is 6.92 Å². The molecule has 0 aromatic heterocycles. The molecule has 1 heterocycles. The summed E-state index contributed by atoms with van der Waals surface area (Å²) in [5.74, 6) is 0.338. The number of carbonyl (C=O) groups is 1. The van der Waals surface area contributed by atoms with E-state index in [-0.39, 0.29) is 0 Å². The third-order valence-corrected chi connectivity index (χ3v) is 2.98. The maximum Gasteiger partial charge on any atom is 0.123 e. The Morgan fingerprint density at radius 2 is 2.08 bits per heavy atom. The van der Waals surface area contributed by atoms with Crippen molar-refractivity contribution >= 4 is 6.29 Å². The van der Waals surface area contributed by atoms with E-state index in [4.69, 9.17) is 0 Å². The van der Waals surface area contributed by atoms with Crippen LogP contribution in [0.1, 0.15) is 33.1 Å². The first kappa shape index (κ1) is 9.72. The molecule has 0 spiro atoms.